The SMILES string of the molecule is CC(=O)OC[C@H](C)[C@]12C=C[C@](C)(OO1)[C@H]1C[C@H](O)[C@H](C)[C@H]1C2=O. The van der Waals surface area contributed by atoms with Crippen LogP contribution in [-0.2, 0) is 24.1 Å². The van der Waals surface area contributed by atoms with Gasteiger partial charge in [0.15, 0.2) is 11.4 Å². The van der Waals surface area contributed by atoms with Gasteiger partial charge in [-0.25, -0.2) is 9.78 Å². The Morgan fingerprint density at radius 3 is 2.74 bits per heavy atom. The van der Waals surface area contributed by atoms with Gasteiger partial charge in [0.25, 0.3) is 0 Å². The van der Waals surface area contributed by atoms with Crippen LogP contribution in [0.1, 0.15) is 34.1 Å². The topological polar surface area (TPSA) is 82.1 Å². The minimum Gasteiger partial charge on any atom is -0.465 e. The lowest BCUT2D eigenvalue weighted by atomic mass is 9.74. The van der Waals surface area contributed by atoms with Crippen molar-refractivity contribution in [3.05, 3.63) is 12.2 Å². The maximum atomic E-state index is 13.3. The summed E-state index contributed by atoms with van der Waals surface area (Å²) in [6, 6.07) is 0. The molecule has 0 aromatic carbocycles. The summed E-state index contributed by atoms with van der Waals surface area (Å²) in [5.74, 6) is -1.50. The molecule has 128 valence electrons. The Morgan fingerprint density at radius 1 is 1.48 bits per heavy atom. The summed E-state index contributed by atoms with van der Waals surface area (Å²) >= 11 is 0. The van der Waals surface area contributed by atoms with Crippen molar-refractivity contribution in [2.24, 2.45) is 23.7 Å². The molecule has 0 radical (unpaired) electrons. The van der Waals surface area contributed by atoms with Crippen LogP contribution in [0.2, 0.25) is 0 Å². The van der Waals surface area contributed by atoms with Gasteiger partial charge in [-0.2, -0.15) is 0 Å². The number of rotatable bonds is 3. The number of ketones is 1. The van der Waals surface area contributed by atoms with E-state index in [4.69, 9.17) is 14.5 Å². The zero-order chi connectivity index (χ0) is 17.0. The summed E-state index contributed by atoms with van der Waals surface area (Å²) in [7, 11) is 0. The second-order valence-corrected chi connectivity index (χ2v) is 7.34. The molecule has 1 saturated carbocycles. The molecule has 4 rings (SSSR count). The van der Waals surface area contributed by atoms with E-state index in [1.165, 1.54) is 6.92 Å². The number of aliphatic hydroxyl groups excluding tert-OH is 1. The van der Waals surface area contributed by atoms with Gasteiger partial charge >= 0.3 is 5.97 Å². The molecule has 23 heavy (non-hydrogen) atoms. The molecule has 2 fully saturated rings. The van der Waals surface area contributed by atoms with Crippen LogP contribution < -0.4 is 0 Å². The Hall–Kier alpha value is -1.24. The van der Waals surface area contributed by atoms with Crippen LogP contribution in [0.4, 0.5) is 0 Å². The molecule has 1 N–H and O–H groups in total. The third kappa shape index (κ3) is 2.35. The molecular formula is C17H24O6. The molecule has 0 spiro atoms. The Bertz CT molecular complexity index is 557. The fraction of sp³-hybridized carbons (Fsp3) is 0.765. The minimum atomic E-state index is -1.27. The summed E-state index contributed by atoms with van der Waals surface area (Å²) in [4.78, 5) is 35.6. The largest absolute Gasteiger partial charge is 0.465 e. The Balaban J connectivity index is 1.97. The van der Waals surface area contributed by atoms with E-state index in [0.29, 0.717) is 6.42 Å². The standard InChI is InChI=1S/C17H24O6/c1-9(8-21-11(3)18)17-6-5-16(4,22-23-17)12-7-13(19)10(2)14(12)15(17)20/h5-6,9-10,12-14,19H,7-8H2,1-4H3/t9-,10-,12-,13-,14+,16-,17-/m0/s1. The quantitative estimate of drug-likeness (QED) is 0.480. The molecular weight excluding hydrogens is 300 g/mol. The van der Waals surface area contributed by atoms with E-state index >= 15 is 0 Å². The molecule has 0 aromatic rings. The molecule has 4 aliphatic rings. The maximum Gasteiger partial charge on any atom is 0.302 e. The number of ether oxygens (including phenoxy) is 1. The number of carbonyl (C=O) groups is 2. The molecule has 0 amide bonds. The van der Waals surface area contributed by atoms with Crippen molar-refractivity contribution in [3.63, 3.8) is 0 Å². The fourth-order valence-corrected chi connectivity index (χ4v) is 4.17. The highest BCUT2D eigenvalue weighted by molar-refractivity contribution is 5.93. The van der Waals surface area contributed by atoms with E-state index < -0.39 is 23.3 Å². The maximum absolute atomic E-state index is 13.3. The van der Waals surface area contributed by atoms with Gasteiger partial charge in [0.1, 0.15) is 5.60 Å². The number of fused-ring (bicyclic) bond motifs is 1. The Labute approximate surface area is 135 Å². The van der Waals surface area contributed by atoms with Crippen LogP contribution in [0.5, 0.6) is 0 Å². The summed E-state index contributed by atoms with van der Waals surface area (Å²) in [6.45, 7) is 6.97. The molecule has 6 nitrogen and oxygen atoms in total. The second kappa shape index (κ2) is 5.40. The van der Waals surface area contributed by atoms with E-state index in [2.05, 4.69) is 0 Å². The zero-order valence-electron chi connectivity index (χ0n) is 13.9. The van der Waals surface area contributed by atoms with Crippen molar-refractivity contribution in [1.82, 2.24) is 0 Å². The monoisotopic (exact) mass is 324 g/mol. The van der Waals surface area contributed by atoms with Crippen molar-refractivity contribution in [1.29, 1.82) is 0 Å². The molecule has 2 heterocycles. The van der Waals surface area contributed by atoms with Crippen LogP contribution >= 0.6 is 0 Å². The lowest BCUT2D eigenvalue weighted by molar-refractivity contribution is -0.398. The van der Waals surface area contributed by atoms with Crippen molar-refractivity contribution in [2.45, 2.75) is 51.4 Å². The van der Waals surface area contributed by atoms with Gasteiger partial charge in [0.2, 0.25) is 0 Å². The van der Waals surface area contributed by atoms with Gasteiger partial charge in [-0.15, -0.1) is 0 Å². The summed E-state index contributed by atoms with van der Waals surface area (Å²) < 4.78 is 5.06. The third-order valence-electron chi connectivity index (χ3n) is 5.82. The van der Waals surface area contributed by atoms with Crippen LogP contribution in [0.25, 0.3) is 0 Å². The molecule has 1 saturated heterocycles. The summed E-state index contributed by atoms with van der Waals surface area (Å²) in [5.41, 5.74) is -2.00. The molecule has 0 aromatic heterocycles. The molecule has 2 bridgehead atoms. The first-order valence-corrected chi connectivity index (χ1v) is 8.14. The highest BCUT2D eigenvalue weighted by Crippen LogP contribution is 2.53. The van der Waals surface area contributed by atoms with E-state index in [1.54, 1.807) is 13.0 Å². The molecule has 0 unspecified atom stereocenters. The number of Topliss-reactive ketones (excluding diaryl/α,β-unsaturated/α-hetero) is 1. The summed E-state index contributed by atoms with van der Waals surface area (Å²) in [5, 5.41) is 10.2. The molecule has 6 heteroatoms. The van der Waals surface area contributed by atoms with E-state index in [1.807, 2.05) is 19.9 Å². The van der Waals surface area contributed by atoms with Crippen molar-refractivity contribution < 1.29 is 29.2 Å². The van der Waals surface area contributed by atoms with Gasteiger partial charge < -0.3 is 9.84 Å². The smallest absolute Gasteiger partial charge is 0.302 e. The van der Waals surface area contributed by atoms with Crippen molar-refractivity contribution in [3.8, 4) is 0 Å². The minimum absolute atomic E-state index is 0.0693. The van der Waals surface area contributed by atoms with Crippen molar-refractivity contribution in [2.75, 3.05) is 6.61 Å². The lowest BCUT2D eigenvalue weighted by Gasteiger charge is -2.38. The van der Waals surface area contributed by atoms with E-state index in [-0.39, 0.29) is 36.1 Å². The van der Waals surface area contributed by atoms with Crippen LogP contribution in [-0.4, -0.2) is 40.8 Å². The number of aliphatic hydroxyl groups is 1. The highest BCUT2D eigenvalue weighted by atomic mass is 17.2. The molecule has 7 atom stereocenters. The van der Waals surface area contributed by atoms with E-state index in [9.17, 15) is 14.7 Å². The number of hydrogen-bond acceptors (Lipinski definition) is 6. The number of hydrogen-bond donors (Lipinski definition) is 1. The molecule has 2 aliphatic carbocycles. The van der Waals surface area contributed by atoms with E-state index in [0.717, 1.165) is 0 Å². The van der Waals surface area contributed by atoms with Gasteiger partial charge in [0, 0.05) is 24.7 Å². The second-order valence-electron chi connectivity index (χ2n) is 7.34. The van der Waals surface area contributed by atoms with Gasteiger partial charge in [-0.3, -0.25) is 9.59 Å². The van der Waals surface area contributed by atoms with Gasteiger partial charge in [-0.1, -0.05) is 19.9 Å². The van der Waals surface area contributed by atoms with Crippen LogP contribution in [0.3, 0.4) is 0 Å². The Kier molecular flexibility index (Phi) is 3.90. The first kappa shape index (κ1) is 16.6. The number of esters is 1. The summed E-state index contributed by atoms with van der Waals surface area (Å²) in [6.07, 6.45) is 3.61. The first-order valence-electron chi connectivity index (χ1n) is 8.14. The third-order valence-corrected chi connectivity index (χ3v) is 5.82. The molecule has 2 aliphatic heterocycles. The fourth-order valence-electron chi connectivity index (χ4n) is 4.17. The van der Waals surface area contributed by atoms with Crippen LogP contribution in [0, 0.1) is 23.7 Å². The average Bonchev–Trinajstić information content (AvgIpc) is 2.72. The highest BCUT2D eigenvalue weighted by Gasteiger charge is 2.63. The van der Waals surface area contributed by atoms with Crippen LogP contribution in [0.15, 0.2) is 12.2 Å². The predicted molar refractivity (Wildman–Crippen MR) is 80.0 cm³/mol. The lowest BCUT2D eigenvalue weighted by Crippen LogP contribution is -2.51. The number of carbonyl (C=O) groups excluding carboxylic acids is 2. The van der Waals surface area contributed by atoms with Gasteiger partial charge in [0.05, 0.1) is 12.7 Å². The Morgan fingerprint density at radius 2 is 2.17 bits per heavy atom. The average molecular weight is 324 g/mol. The zero-order valence-corrected chi connectivity index (χ0v) is 13.9. The van der Waals surface area contributed by atoms with Crippen molar-refractivity contribution >= 4 is 11.8 Å². The van der Waals surface area contributed by atoms with Gasteiger partial charge in [-0.05, 0) is 25.3 Å². The normalized spacial score (nSPS) is 46.4. The first-order chi connectivity index (χ1) is 10.7. The predicted octanol–water partition coefficient (Wildman–Crippen LogP) is 1.42.